The van der Waals surface area contributed by atoms with Gasteiger partial charge in [-0.1, -0.05) is 36.3 Å². The van der Waals surface area contributed by atoms with Crippen LogP contribution >= 0.6 is 0 Å². The van der Waals surface area contributed by atoms with Gasteiger partial charge in [0.05, 0.1) is 16.9 Å². The molecule has 0 N–H and O–H groups in total. The van der Waals surface area contributed by atoms with E-state index in [4.69, 9.17) is 0 Å². The number of hydrogen-bond acceptors (Lipinski definition) is 4. The molecule has 2 unspecified atom stereocenters. The van der Waals surface area contributed by atoms with Gasteiger partial charge in [-0.2, -0.15) is 0 Å². The number of amides is 1. The Balaban J connectivity index is 1.51. The molecule has 27 heavy (non-hydrogen) atoms. The van der Waals surface area contributed by atoms with Crippen molar-refractivity contribution < 1.29 is 4.79 Å². The topological polar surface area (TPSA) is 63.9 Å². The van der Waals surface area contributed by atoms with Crippen molar-refractivity contribution in [3.05, 3.63) is 47.9 Å². The zero-order valence-corrected chi connectivity index (χ0v) is 15.5. The summed E-state index contributed by atoms with van der Waals surface area (Å²) >= 11 is 0. The van der Waals surface area contributed by atoms with Crippen molar-refractivity contribution in [1.82, 2.24) is 24.9 Å². The minimum absolute atomic E-state index is 0.0290. The number of para-hydroxylation sites is 1. The third kappa shape index (κ3) is 2.62. The van der Waals surface area contributed by atoms with Gasteiger partial charge in [0.15, 0.2) is 5.69 Å². The minimum atomic E-state index is 0.0290. The molecule has 3 heterocycles. The van der Waals surface area contributed by atoms with E-state index in [0.717, 1.165) is 41.7 Å². The first-order valence-corrected chi connectivity index (χ1v) is 9.81. The summed E-state index contributed by atoms with van der Waals surface area (Å²) in [5, 5.41) is 9.63. The lowest BCUT2D eigenvalue weighted by atomic mass is 9.85. The highest BCUT2D eigenvalue weighted by atomic mass is 16.2. The number of nitrogens with zero attached hydrogens (tertiary/aromatic N) is 5. The summed E-state index contributed by atoms with van der Waals surface area (Å²) in [6.45, 7) is 2.76. The maximum atomic E-state index is 13.2. The number of pyridine rings is 1. The van der Waals surface area contributed by atoms with E-state index in [9.17, 15) is 4.79 Å². The van der Waals surface area contributed by atoms with Gasteiger partial charge < -0.3 is 4.90 Å². The van der Waals surface area contributed by atoms with Crippen molar-refractivity contribution in [1.29, 1.82) is 0 Å². The summed E-state index contributed by atoms with van der Waals surface area (Å²) in [6, 6.07) is 10.3. The lowest BCUT2D eigenvalue weighted by Gasteiger charge is -2.31. The van der Waals surface area contributed by atoms with Crippen molar-refractivity contribution in [3.63, 3.8) is 0 Å². The molecule has 138 valence electrons. The van der Waals surface area contributed by atoms with Crippen LogP contribution in [-0.4, -0.2) is 43.4 Å². The molecule has 1 aromatic carbocycles. The van der Waals surface area contributed by atoms with E-state index in [-0.39, 0.29) is 5.91 Å². The summed E-state index contributed by atoms with van der Waals surface area (Å²) in [6.07, 6.45) is 7.79. The molecule has 2 aromatic heterocycles. The van der Waals surface area contributed by atoms with Crippen molar-refractivity contribution in [2.45, 2.75) is 45.1 Å². The zero-order valence-electron chi connectivity index (χ0n) is 15.5. The molecule has 0 radical (unpaired) electrons. The summed E-state index contributed by atoms with van der Waals surface area (Å²) in [7, 11) is 0. The highest BCUT2D eigenvalue weighted by molar-refractivity contribution is 5.94. The maximum absolute atomic E-state index is 13.2. The Morgan fingerprint density at radius 3 is 2.89 bits per heavy atom. The Morgan fingerprint density at radius 2 is 1.96 bits per heavy atom. The van der Waals surface area contributed by atoms with Gasteiger partial charge >= 0.3 is 0 Å². The molecular weight excluding hydrogens is 338 g/mol. The molecule has 2 fully saturated rings. The molecule has 0 spiro atoms. The first kappa shape index (κ1) is 16.4. The third-order valence-corrected chi connectivity index (χ3v) is 6.21. The fraction of sp³-hybridized carbons (Fsp3) is 0.429. The molecule has 1 saturated heterocycles. The number of benzene rings is 1. The van der Waals surface area contributed by atoms with Crippen LogP contribution in [0.5, 0.6) is 0 Å². The van der Waals surface area contributed by atoms with Crippen molar-refractivity contribution in [2.24, 2.45) is 5.92 Å². The molecule has 6 nitrogen and oxygen atoms in total. The van der Waals surface area contributed by atoms with Crippen LogP contribution in [0.2, 0.25) is 0 Å². The largest absolute Gasteiger partial charge is 0.334 e. The molecule has 2 atom stereocenters. The molecule has 1 amide bonds. The van der Waals surface area contributed by atoms with Gasteiger partial charge in [0, 0.05) is 24.2 Å². The summed E-state index contributed by atoms with van der Waals surface area (Å²) in [5.74, 6) is 0.696. The SMILES string of the molecule is Cc1c(C(=O)N2CCC3CCCCC32)nnn1-c1cccc2cccnc12. The fourth-order valence-corrected chi connectivity index (χ4v) is 4.81. The van der Waals surface area contributed by atoms with Crippen LogP contribution in [0, 0.1) is 12.8 Å². The Bertz CT molecular complexity index is 1010. The molecular formula is C21H23N5O. The number of hydrogen-bond donors (Lipinski definition) is 0. The fourth-order valence-electron chi connectivity index (χ4n) is 4.81. The number of likely N-dealkylation sites (tertiary alicyclic amines) is 1. The Hall–Kier alpha value is -2.76. The smallest absolute Gasteiger partial charge is 0.276 e. The van der Waals surface area contributed by atoms with Gasteiger partial charge in [-0.15, -0.1) is 5.10 Å². The molecule has 3 aromatic rings. The highest BCUT2D eigenvalue weighted by Gasteiger charge is 2.39. The quantitative estimate of drug-likeness (QED) is 0.700. The van der Waals surface area contributed by atoms with Crippen LogP contribution in [0.4, 0.5) is 0 Å². The van der Waals surface area contributed by atoms with Gasteiger partial charge in [0.1, 0.15) is 0 Å². The maximum Gasteiger partial charge on any atom is 0.276 e. The number of fused-ring (bicyclic) bond motifs is 2. The van der Waals surface area contributed by atoms with Crippen molar-refractivity contribution in [3.8, 4) is 5.69 Å². The number of aromatic nitrogens is 4. The molecule has 6 heteroatoms. The standard InChI is InChI=1S/C21H23N5O/c1-14-19(21(27)25-13-11-15-6-2-3-9-17(15)25)23-24-26(14)18-10-4-7-16-8-5-12-22-20(16)18/h4-5,7-8,10,12,15,17H,2-3,6,9,11,13H2,1H3. The Morgan fingerprint density at radius 1 is 1.11 bits per heavy atom. The summed E-state index contributed by atoms with van der Waals surface area (Å²) in [5.41, 5.74) is 2.96. The Kier molecular flexibility index (Phi) is 3.92. The van der Waals surface area contributed by atoms with Crippen LogP contribution in [-0.2, 0) is 0 Å². The lowest BCUT2D eigenvalue weighted by Crippen LogP contribution is -2.39. The van der Waals surface area contributed by atoms with Gasteiger partial charge in [-0.25, -0.2) is 4.68 Å². The second-order valence-electron chi connectivity index (χ2n) is 7.69. The monoisotopic (exact) mass is 361 g/mol. The van der Waals surface area contributed by atoms with Gasteiger partial charge in [-0.3, -0.25) is 9.78 Å². The van der Waals surface area contributed by atoms with E-state index >= 15 is 0 Å². The van der Waals surface area contributed by atoms with E-state index in [0.29, 0.717) is 17.7 Å². The van der Waals surface area contributed by atoms with E-state index in [1.165, 1.54) is 19.3 Å². The third-order valence-electron chi connectivity index (χ3n) is 6.21. The van der Waals surface area contributed by atoms with E-state index in [2.05, 4.69) is 15.3 Å². The van der Waals surface area contributed by atoms with Crippen molar-refractivity contribution >= 4 is 16.8 Å². The number of carbonyl (C=O) groups is 1. The molecule has 2 aliphatic rings. The second-order valence-corrected chi connectivity index (χ2v) is 7.69. The average Bonchev–Trinajstić information content (AvgIpc) is 3.31. The van der Waals surface area contributed by atoms with Crippen LogP contribution in [0.1, 0.15) is 48.3 Å². The predicted molar refractivity (Wildman–Crippen MR) is 103 cm³/mol. The minimum Gasteiger partial charge on any atom is -0.334 e. The molecule has 1 aliphatic carbocycles. The van der Waals surface area contributed by atoms with Crippen LogP contribution in [0.25, 0.3) is 16.6 Å². The number of carbonyl (C=O) groups excluding carboxylic acids is 1. The van der Waals surface area contributed by atoms with Crippen molar-refractivity contribution in [2.75, 3.05) is 6.54 Å². The Labute approximate surface area is 158 Å². The summed E-state index contributed by atoms with van der Waals surface area (Å²) < 4.78 is 1.75. The normalized spacial score (nSPS) is 22.2. The van der Waals surface area contributed by atoms with Crippen LogP contribution in [0.15, 0.2) is 36.5 Å². The van der Waals surface area contributed by atoms with Gasteiger partial charge in [0.25, 0.3) is 5.91 Å². The summed E-state index contributed by atoms with van der Waals surface area (Å²) in [4.78, 5) is 19.8. The first-order valence-electron chi connectivity index (χ1n) is 9.81. The highest BCUT2D eigenvalue weighted by Crippen LogP contribution is 2.37. The van der Waals surface area contributed by atoms with Gasteiger partial charge in [0.2, 0.25) is 0 Å². The van der Waals surface area contributed by atoms with E-state index < -0.39 is 0 Å². The van der Waals surface area contributed by atoms with E-state index in [1.807, 2.05) is 42.2 Å². The predicted octanol–water partition coefficient (Wildman–Crippen LogP) is 3.53. The second kappa shape index (κ2) is 6.44. The van der Waals surface area contributed by atoms with Crippen LogP contribution in [0.3, 0.4) is 0 Å². The molecule has 1 aliphatic heterocycles. The first-order chi connectivity index (χ1) is 13.2. The molecule has 5 rings (SSSR count). The molecule has 0 bridgehead atoms. The average molecular weight is 361 g/mol. The molecule has 1 saturated carbocycles. The van der Waals surface area contributed by atoms with Crippen LogP contribution < -0.4 is 0 Å². The van der Waals surface area contributed by atoms with Gasteiger partial charge in [-0.05, 0) is 44.2 Å². The lowest BCUT2D eigenvalue weighted by molar-refractivity contribution is 0.0683. The zero-order chi connectivity index (χ0) is 18.4. The number of rotatable bonds is 2. The van der Waals surface area contributed by atoms with E-state index in [1.54, 1.807) is 10.9 Å².